The summed E-state index contributed by atoms with van der Waals surface area (Å²) in [6.07, 6.45) is 1.03. The summed E-state index contributed by atoms with van der Waals surface area (Å²) in [7, 11) is 0. The van der Waals surface area contributed by atoms with Crippen LogP contribution >= 0.6 is 0 Å². The van der Waals surface area contributed by atoms with Crippen molar-refractivity contribution in [1.29, 1.82) is 0 Å². The molecule has 0 saturated heterocycles. The molecule has 1 aliphatic rings. The van der Waals surface area contributed by atoms with Gasteiger partial charge in [0.15, 0.2) is 5.78 Å². The maximum absolute atomic E-state index is 13.0. The van der Waals surface area contributed by atoms with Crippen LogP contribution in [-0.2, 0) is 11.2 Å². The number of amides is 2. The lowest BCUT2D eigenvalue weighted by molar-refractivity contribution is -0.139. The Kier molecular flexibility index (Phi) is 6.24. The molecule has 0 saturated carbocycles. The molecule has 6 heteroatoms. The Labute approximate surface area is 199 Å². The standard InChI is InChI=1S/C28H28N2O4/c1-17-5-4-6-21(13-17)29-27(34)30-22-8-10-23(18(2)14-22)19-7-9-24-20(15-19)11-12-28(3,26(24)33)16-25(31)32/h4-10,13-15H,11-12,16H2,1-3H3,(H,31,32)(H2,29,30,34). The first-order valence-corrected chi connectivity index (χ1v) is 11.3. The average Bonchev–Trinajstić information content (AvgIpc) is 2.76. The molecule has 4 rings (SSSR count). The highest BCUT2D eigenvalue weighted by molar-refractivity contribution is 6.04. The van der Waals surface area contributed by atoms with Crippen LogP contribution in [0.4, 0.5) is 16.2 Å². The summed E-state index contributed by atoms with van der Waals surface area (Å²) in [5, 5.41) is 14.9. The zero-order valence-electron chi connectivity index (χ0n) is 19.6. The number of benzene rings is 3. The molecule has 0 aliphatic heterocycles. The quantitative estimate of drug-likeness (QED) is 0.424. The van der Waals surface area contributed by atoms with Crippen molar-refractivity contribution in [1.82, 2.24) is 0 Å². The summed E-state index contributed by atoms with van der Waals surface area (Å²) >= 11 is 0. The lowest BCUT2D eigenvalue weighted by Gasteiger charge is -2.32. The Morgan fingerprint density at radius 3 is 2.32 bits per heavy atom. The Hall–Kier alpha value is -3.93. The number of carboxylic acid groups (broad SMARTS) is 1. The molecule has 2 amide bonds. The van der Waals surface area contributed by atoms with Gasteiger partial charge in [0.25, 0.3) is 0 Å². The molecule has 0 spiro atoms. The lowest BCUT2D eigenvalue weighted by Crippen LogP contribution is -2.35. The third-order valence-electron chi connectivity index (χ3n) is 6.46. The Morgan fingerprint density at radius 1 is 0.941 bits per heavy atom. The van der Waals surface area contributed by atoms with E-state index in [0.717, 1.165) is 33.5 Å². The third-order valence-corrected chi connectivity index (χ3v) is 6.46. The van der Waals surface area contributed by atoms with Gasteiger partial charge >= 0.3 is 12.0 Å². The van der Waals surface area contributed by atoms with Crippen LogP contribution in [0.5, 0.6) is 0 Å². The van der Waals surface area contributed by atoms with Gasteiger partial charge in [-0.1, -0.05) is 43.3 Å². The molecule has 0 aromatic heterocycles. The van der Waals surface area contributed by atoms with Gasteiger partial charge in [-0.3, -0.25) is 9.59 Å². The number of fused-ring (bicyclic) bond motifs is 1. The first-order valence-electron chi connectivity index (χ1n) is 11.3. The molecule has 3 aromatic carbocycles. The molecule has 34 heavy (non-hydrogen) atoms. The summed E-state index contributed by atoms with van der Waals surface area (Å²) in [4.78, 5) is 36.6. The largest absolute Gasteiger partial charge is 0.481 e. The van der Waals surface area contributed by atoms with Crippen LogP contribution in [0.25, 0.3) is 11.1 Å². The molecule has 3 aromatic rings. The van der Waals surface area contributed by atoms with Crippen molar-refractivity contribution in [3.8, 4) is 11.1 Å². The molecule has 174 valence electrons. The second kappa shape index (κ2) is 9.14. The van der Waals surface area contributed by atoms with Crippen LogP contribution in [0.2, 0.25) is 0 Å². The van der Waals surface area contributed by atoms with Crippen molar-refractivity contribution in [3.63, 3.8) is 0 Å². The summed E-state index contributed by atoms with van der Waals surface area (Å²) in [5.41, 5.74) is 6.18. The van der Waals surface area contributed by atoms with E-state index in [-0.39, 0.29) is 18.2 Å². The first kappa shape index (κ1) is 23.2. The number of nitrogens with one attached hydrogen (secondary N) is 2. The Bertz CT molecular complexity index is 1300. The van der Waals surface area contributed by atoms with E-state index >= 15 is 0 Å². The van der Waals surface area contributed by atoms with Crippen LogP contribution in [0.1, 0.15) is 46.8 Å². The zero-order valence-corrected chi connectivity index (χ0v) is 19.6. The SMILES string of the molecule is Cc1cccc(NC(=O)Nc2ccc(-c3ccc4c(c3)CCC(C)(CC(=O)O)C4=O)c(C)c2)c1. The van der Waals surface area contributed by atoms with Gasteiger partial charge in [0, 0.05) is 22.4 Å². The highest BCUT2D eigenvalue weighted by atomic mass is 16.4. The van der Waals surface area contributed by atoms with Gasteiger partial charge in [0.1, 0.15) is 0 Å². The molecule has 1 atom stereocenters. The smallest absolute Gasteiger partial charge is 0.323 e. The van der Waals surface area contributed by atoms with Gasteiger partial charge < -0.3 is 15.7 Å². The lowest BCUT2D eigenvalue weighted by atomic mass is 9.69. The van der Waals surface area contributed by atoms with E-state index in [1.165, 1.54) is 0 Å². The summed E-state index contributed by atoms with van der Waals surface area (Å²) in [6, 6.07) is 18.8. The van der Waals surface area contributed by atoms with E-state index < -0.39 is 11.4 Å². The fourth-order valence-corrected chi connectivity index (χ4v) is 4.62. The topological polar surface area (TPSA) is 95.5 Å². The second-order valence-corrected chi connectivity index (χ2v) is 9.31. The van der Waals surface area contributed by atoms with Crippen molar-refractivity contribution in [3.05, 3.63) is 82.9 Å². The van der Waals surface area contributed by atoms with Crippen molar-refractivity contribution in [2.75, 3.05) is 10.6 Å². The molecular weight excluding hydrogens is 428 g/mol. The van der Waals surface area contributed by atoms with E-state index in [4.69, 9.17) is 0 Å². The minimum Gasteiger partial charge on any atom is -0.481 e. The molecular formula is C28H28N2O4. The second-order valence-electron chi connectivity index (χ2n) is 9.31. The highest BCUT2D eigenvalue weighted by Crippen LogP contribution is 2.39. The number of aryl methyl sites for hydroxylation is 3. The summed E-state index contributed by atoms with van der Waals surface area (Å²) < 4.78 is 0. The van der Waals surface area contributed by atoms with E-state index in [1.807, 2.05) is 74.5 Å². The molecule has 1 aliphatic carbocycles. The predicted molar refractivity (Wildman–Crippen MR) is 133 cm³/mol. The molecule has 0 radical (unpaired) electrons. The number of carbonyl (C=O) groups excluding carboxylic acids is 2. The van der Waals surface area contributed by atoms with Crippen molar-refractivity contribution >= 4 is 29.2 Å². The average molecular weight is 457 g/mol. The van der Waals surface area contributed by atoms with Gasteiger partial charge in [-0.05, 0) is 78.8 Å². The van der Waals surface area contributed by atoms with Crippen molar-refractivity contribution < 1.29 is 19.5 Å². The number of urea groups is 1. The van der Waals surface area contributed by atoms with E-state index in [9.17, 15) is 19.5 Å². The number of Topliss-reactive ketones (excluding diaryl/α,β-unsaturated/α-hetero) is 1. The number of aliphatic carboxylic acids is 1. The van der Waals surface area contributed by atoms with Gasteiger partial charge in [-0.2, -0.15) is 0 Å². The van der Waals surface area contributed by atoms with Crippen LogP contribution < -0.4 is 10.6 Å². The van der Waals surface area contributed by atoms with Crippen LogP contribution in [0.3, 0.4) is 0 Å². The fourth-order valence-electron chi connectivity index (χ4n) is 4.62. The number of hydrogen-bond donors (Lipinski definition) is 3. The van der Waals surface area contributed by atoms with Crippen LogP contribution in [-0.4, -0.2) is 22.9 Å². The van der Waals surface area contributed by atoms with Crippen LogP contribution in [0, 0.1) is 19.3 Å². The van der Waals surface area contributed by atoms with Gasteiger partial charge in [-0.15, -0.1) is 0 Å². The number of rotatable bonds is 5. The number of carbonyl (C=O) groups is 3. The number of carboxylic acids is 1. The fraction of sp³-hybridized carbons (Fsp3) is 0.250. The van der Waals surface area contributed by atoms with E-state index in [2.05, 4.69) is 10.6 Å². The molecule has 3 N–H and O–H groups in total. The normalized spacial score (nSPS) is 17.1. The number of anilines is 2. The molecule has 6 nitrogen and oxygen atoms in total. The van der Waals surface area contributed by atoms with Gasteiger partial charge in [0.2, 0.25) is 0 Å². The molecule has 1 unspecified atom stereocenters. The maximum Gasteiger partial charge on any atom is 0.323 e. The van der Waals surface area contributed by atoms with E-state index in [1.54, 1.807) is 6.92 Å². The first-order chi connectivity index (χ1) is 16.1. The molecule has 0 fully saturated rings. The number of hydrogen-bond acceptors (Lipinski definition) is 3. The summed E-state index contributed by atoms with van der Waals surface area (Å²) in [5.74, 6) is -1.05. The minimum atomic E-state index is -0.951. The summed E-state index contributed by atoms with van der Waals surface area (Å²) in [6.45, 7) is 5.69. The highest BCUT2D eigenvalue weighted by Gasteiger charge is 2.40. The third kappa shape index (κ3) is 4.86. The van der Waals surface area contributed by atoms with E-state index in [0.29, 0.717) is 24.1 Å². The Morgan fingerprint density at radius 2 is 1.65 bits per heavy atom. The van der Waals surface area contributed by atoms with Gasteiger partial charge in [-0.25, -0.2) is 4.79 Å². The molecule has 0 bridgehead atoms. The zero-order chi connectivity index (χ0) is 24.5. The maximum atomic E-state index is 13.0. The molecule has 0 heterocycles. The monoisotopic (exact) mass is 456 g/mol. The van der Waals surface area contributed by atoms with Crippen molar-refractivity contribution in [2.24, 2.45) is 5.41 Å². The minimum absolute atomic E-state index is 0.0985. The Balaban J connectivity index is 1.51. The van der Waals surface area contributed by atoms with Gasteiger partial charge in [0.05, 0.1) is 6.42 Å². The van der Waals surface area contributed by atoms with Crippen molar-refractivity contribution in [2.45, 2.75) is 40.0 Å². The van der Waals surface area contributed by atoms with Crippen LogP contribution in [0.15, 0.2) is 60.7 Å². The number of ketones is 1. The predicted octanol–water partition coefficient (Wildman–Crippen LogP) is 6.22.